The van der Waals surface area contributed by atoms with E-state index in [0.717, 1.165) is 37.1 Å². The second-order valence-electron chi connectivity index (χ2n) is 7.04. The number of nitrogens with zero attached hydrogens (tertiary/aromatic N) is 2. The zero-order chi connectivity index (χ0) is 18.5. The molecular weight excluding hydrogens is 388 g/mol. The molecule has 0 saturated carbocycles. The van der Waals surface area contributed by atoms with E-state index in [1.807, 2.05) is 11.8 Å². The first-order valence-electron chi connectivity index (χ1n) is 9.43. The Morgan fingerprint density at radius 1 is 0.962 bits per heavy atom. The van der Waals surface area contributed by atoms with Crippen molar-refractivity contribution in [2.75, 3.05) is 26.2 Å². The van der Waals surface area contributed by atoms with Crippen LogP contribution in [0.4, 0.5) is 0 Å². The summed E-state index contributed by atoms with van der Waals surface area (Å²) in [5, 5.41) is 0. The van der Waals surface area contributed by atoms with Gasteiger partial charge in [0, 0.05) is 36.6 Å². The SMILES string of the molecule is CCC(C)C(=O)N1CCN(C(c2ccccc2)c2ccc(Br)cc2)CC1. The Labute approximate surface area is 165 Å². The summed E-state index contributed by atoms with van der Waals surface area (Å²) in [6.07, 6.45) is 0.907. The Morgan fingerprint density at radius 3 is 2.12 bits per heavy atom. The van der Waals surface area contributed by atoms with Crippen LogP contribution in [-0.2, 0) is 4.79 Å². The lowest BCUT2D eigenvalue weighted by atomic mass is 9.96. The molecule has 26 heavy (non-hydrogen) atoms. The summed E-state index contributed by atoms with van der Waals surface area (Å²) in [5.74, 6) is 0.421. The van der Waals surface area contributed by atoms with E-state index in [2.05, 4.69) is 82.4 Å². The van der Waals surface area contributed by atoms with Crippen LogP contribution in [0.25, 0.3) is 0 Å². The number of piperazine rings is 1. The van der Waals surface area contributed by atoms with Crippen LogP contribution in [0.15, 0.2) is 59.1 Å². The standard InChI is InChI=1S/C22H27BrN2O/c1-3-17(2)22(26)25-15-13-24(14-16-25)21(18-7-5-4-6-8-18)19-9-11-20(23)12-10-19/h4-12,17,21H,3,13-16H2,1-2H3. The zero-order valence-electron chi connectivity index (χ0n) is 15.6. The monoisotopic (exact) mass is 414 g/mol. The highest BCUT2D eigenvalue weighted by atomic mass is 79.9. The molecule has 3 rings (SSSR count). The summed E-state index contributed by atoms with van der Waals surface area (Å²) in [5.41, 5.74) is 2.60. The first-order valence-corrected chi connectivity index (χ1v) is 10.2. The van der Waals surface area contributed by atoms with Gasteiger partial charge in [-0.15, -0.1) is 0 Å². The van der Waals surface area contributed by atoms with E-state index in [1.165, 1.54) is 11.1 Å². The summed E-state index contributed by atoms with van der Waals surface area (Å²) in [7, 11) is 0. The molecule has 138 valence electrons. The Hall–Kier alpha value is -1.65. The quantitative estimate of drug-likeness (QED) is 0.705. The van der Waals surface area contributed by atoms with Crippen LogP contribution in [0.3, 0.4) is 0 Å². The third-order valence-electron chi connectivity index (χ3n) is 5.33. The van der Waals surface area contributed by atoms with Gasteiger partial charge < -0.3 is 4.90 Å². The summed E-state index contributed by atoms with van der Waals surface area (Å²) in [4.78, 5) is 17.0. The van der Waals surface area contributed by atoms with Crippen LogP contribution in [-0.4, -0.2) is 41.9 Å². The van der Waals surface area contributed by atoms with Crippen molar-refractivity contribution in [2.24, 2.45) is 5.92 Å². The molecule has 0 bridgehead atoms. The molecular formula is C22H27BrN2O. The fourth-order valence-corrected chi connectivity index (χ4v) is 3.85. The van der Waals surface area contributed by atoms with Crippen LogP contribution >= 0.6 is 15.9 Å². The van der Waals surface area contributed by atoms with E-state index in [4.69, 9.17) is 0 Å². The lowest BCUT2D eigenvalue weighted by Crippen LogP contribution is -2.51. The number of benzene rings is 2. The molecule has 0 radical (unpaired) electrons. The largest absolute Gasteiger partial charge is 0.340 e. The number of rotatable bonds is 5. The molecule has 1 aliphatic rings. The lowest BCUT2D eigenvalue weighted by Gasteiger charge is -2.40. The highest BCUT2D eigenvalue weighted by Gasteiger charge is 2.29. The topological polar surface area (TPSA) is 23.6 Å². The molecule has 0 aromatic heterocycles. The van der Waals surface area contributed by atoms with Crippen molar-refractivity contribution in [1.82, 2.24) is 9.80 Å². The smallest absolute Gasteiger partial charge is 0.225 e. The van der Waals surface area contributed by atoms with Crippen LogP contribution in [0.1, 0.15) is 37.4 Å². The number of halogens is 1. The van der Waals surface area contributed by atoms with Crippen molar-refractivity contribution in [2.45, 2.75) is 26.3 Å². The van der Waals surface area contributed by atoms with Gasteiger partial charge in [-0.3, -0.25) is 9.69 Å². The van der Waals surface area contributed by atoms with Crippen molar-refractivity contribution in [3.05, 3.63) is 70.2 Å². The molecule has 4 heteroatoms. The van der Waals surface area contributed by atoms with Gasteiger partial charge in [-0.05, 0) is 29.7 Å². The van der Waals surface area contributed by atoms with Gasteiger partial charge in [0.25, 0.3) is 0 Å². The molecule has 0 N–H and O–H groups in total. The Kier molecular flexibility index (Phi) is 6.49. The number of carbonyl (C=O) groups is 1. The predicted octanol–water partition coefficient (Wildman–Crippen LogP) is 4.73. The third-order valence-corrected chi connectivity index (χ3v) is 5.85. The fourth-order valence-electron chi connectivity index (χ4n) is 3.58. The van der Waals surface area contributed by atoms with Gasteiger partial charge in [0.2, 0.25) is 5.91 Å². The van der Waals surface area contributed by atoms with Crippen molar-refractivity contribution in [3.8, 4) is 0 Å². The maximum Gasteiger partial charge on any atom is 0.225 e. The highest BCUT2D eigenvalue weighted by Crippen LogP contribution is 2.30. The first-order chi connectivity index (χ1) is 12.6. The number of amides is 1. The Balaban J connectivity index is 1.79. The van der Waals surface area contributed by atoms with E-state index in [1.54, 1.807) is 0 Å². The maximum atomic E-state index is 12.5. The van der Waals surface area contributed by atoms with Gasteiger partial charge >= 0.3 is 0 Å². The minimum Gasteiger partial charge on any atom is -0.340 e. The average molecular weight is 415 g/mol. The number of hydrogen-bond donors (Lipinski definition) is 0. The van der Waals surface area contributed by atoms with E-state index in [9.17, 15) is 4.79 Å². The minimum atomic E-state index is 0.123. The fraction of sp³-hybridized carbons (Fsp3) is 0.409. The van der Waals surface area contributed by atoms with Crippen molar-refractivity contribution in [1.29, 1.82) is 0 Å². The molecule has 1 saturated heterocycles. The normalized spacial score (nSPS) is 17.7. The average Bonchev–Trinajstić information content (AvgIpc) is 2.70. The molecule has 3 nitrogen and oxygen atoms in total. The van der Waals surface area contributed by atoms with Crippen LogP contribution in [0, 0.1) is 5.92 Å². The summed E-state index contributed by atoms with van der Waals surface area (Å²) < 4.78 is 1.09. The molecule has 1 heterocycles. The summed E-state index contributed by atoms with van der Waals surface area (Å²) >= 11 is 3.53. The van der Waals surface area contributed by atoms with Gasteiger partial charge in [0.15, 0.2) is 0 Å². The Morgan fingerprint density at radius 2 is 1.54 bits per heavy atom. The molecule has 1 amide bonds. The van der Waals surface area contributed by atoms with E-state index in [0.29, 0.717) is 5.91 Å². The molecule has 0 spiro atoms. The minimum absolute atomic E-state index is 0.123. The molecule has 1 aliphatic heterocycles. The van der Waals surface area contributed by atoms with E-state index in [-0.39, 0.29) is 12.0 Å². The van der Waals surface area contributed by atoms with Gasteiger partial charge in [0.1, 0.15) is 0 Å². The summed E-state index contributed by atoms with van der Waals surface area (Å²) in [6.45, 7) is 7.53. The predicted molar refractivity (Wildman–Crippen MR) is 110 cm³/mol. The van der Waals surface area contributed by atoms with Crippen molar-refractivity contribution >= 4 is 21.8 Å². The van der Waals surface area contributed by atoms with Gasteiger partial charge in [-0.1, -0.05) is 72.2 Å². The third kappa shape index (κ3) is 4.36. The molecule has 2 atom stereocenters. The van der Waals surface area contributed by atoms with Gasteiger partial charge in [-0.2, -0.15) is 0 Å². The summed E-state index contributed by atoms with van der Waals surface area (Å²) in [6, 6.07) is 19.5. The molecule has 0 aliphatic carbocycles. The lowest BCUT2D eigenvalue weighted by molar-refractivity contribution is -0.137. The van der Waals surface area contributed by atoms with E-state index < -0.39 is 0 Å². The van der Waals surface area contributed by atoms with Gasteiger partial charge in [-0.25, -0.2) is 0 Å². The van der Waals surface area contributed by atoms with Crippen molar-refractivity contribution in [3.63, 3.8) is 0 Å². The maximum absolute atomic E-state index is 12.5. The molecule has 2 aromatic carbocycles. The number of hydrogen-bond acceptors (Lipinski definition) is 2. The second-order valence-corrected chi connectivity index (χ2v) is 7.95. The number of carbonyl (C=O) groups excluding carboxylic acids is 1. The molecule has 1 fully saturated rings. The first kappa shape index (κ1) is 19.1. The van der Waals surface area contributed by atoms with Gasteiger partial charge in [0.05, 0.1) is 6.04 Å². The van der Waals surface area contributed by atoms with Crippen LogP contribution < -0.4 is 0 Å². The van der Waals surface area contributed by atoms with Crippen LogP contribution in [0.2, 0.25) is 0 Å². The molecule has 2 unspecified atom stereocenters. The second kappa shape index (κ2) is 8.83. The molecule has 2 aromatic rings. The van der Waals surface area contributed by atoms with Crippen molar-refractivity contribution < 1.29 is 4.79 Å². The Bertz CT molecular complexity index is 709. The highest BCUT2D eigenvalue weighted by molar-refractivity contribution is 9.10. The van der Waals surface area contributed by atoms with Crippen LogP contribution in [0.5, 0.6) is 0 Å². The van der Waals surface area contributed by atoms with E-state index >= 15 is 0 Å². The zero-order valence-corrected chi connectivity index (χ0v) is 17.2.